The van der Waals surface area contributed by atoms with Crippen LogP contribution in [-0.2, 0) is 9.84 Å². The average Bonchev–Trinajstić information content (AvgIpc) is 2.68. The van der Waals surface area contributed by atoms with Gasteiger partial charge in [-0.3, -0.25) is 0 Å². The minimum absolute atomic E-state index is 0.125. The van der Waals surface area contributed by atoms with Gasteiger partial charge in [-0.1, -0.05) is 0 Å². The Morgan fingerprint density at radius 3 is 2.36 bits per heavy atom. The molecule has 14 heavy (non-hydrogen) atoms. The molecule has 0 aromatic heterocycles. The summed E-state index contributed by atoms with van der Waals surface area (Å²) in [5, 5.41) is 9.79. The molecule has 2 rings (SSSR count). The van der Waals surface area contributed by atoms with Gasteiger partial charge in [0.1, 0.15) is 9.84 Å². The van der Waals surface area contributed by atoms with Gasteiger partial charge in [-0.15, -0.1) is 0 Å². The van der Waals surface area contributed by atoms with Gasteiger partial charge in [0.25, 0.3) is 0 Å². The first-order valence-electron chi connectivity index (χ1n) is 5.31. The number of sulfone groups is 1. The van der Waals surface area contributed by atoms with Crippen LogP contribution in [0.2, 0.25) is 0 Å². The third kappa shape index (κ3) is 2.48. The summed E-state index contributed by atoms with van der Waals surface area (Å²) in [6, 6.07) is 0. The second-order valence-electron chi connectivity index (χ2n) is 4.97. The summed E-state index contributed by atoms with van der Waals surface area (Å²) in [5.41, 5.74) is 0. The van der Waals surface area contributed by atoms with Gasteiger partial charge in [-0.25, -0.2) is 8.42 Å². The van der Waals surface area contributed by atoms with E-state index in [1.54, 1.807) is 0 Å². The minimum atomic E-state index is -2.91. The Hall–Kier alpha value is -0.0900. The van der Waals surface area contributed by atoms with Crippen molar-refractivity contribution >= 4 is 9.84 Å². The number of aliphatic hydroxyl groups is 1. The van der Waals surface area contributed by atoms with Crippen LogP contribution in [0, 0.1) is 17.8 Å². The van der Waals surface area contributed by atoms with E-state index in [-0.39, 0.29) is 5.75 Å². The number of rotatable bonds is 4. The zero-order valence-electron chi connectivity index (χ0n) is 8.52. The average molecular weight is 218 g/mol. The summed E-state index contributed by atoms with van der Waals surface area (Å²) >= 11 is 0. The van der Waals surface area contributed by atoms with Crippen LogP contribution in [0.3, 0.4) is 0 Å². The highest BCUT2D eigenvalue weighted by Gasteiger charge is 2.47. The summed E-state index contributed by atoms with van der Waals surface area (Å²) < 4.78 is 21.8. The van der Waals surface area contributed by atoms with Crippen molar-refractivity contribution in [3.05, 3.63) is 0 Å². The van der Waals surface area contributed by atoms with Crippen molar-refractivity contribution in [2.75, 3.05) is 12.0 Å². The topological polar surface area (TPSA) is 54.4 Å². The molecule has 0 radical (unpaired) electrons. The molecule has 2 aliphatic carbocycles. The van der Waals surface area contributed by atoms with E-state index >= 15 is 0 Å². The van der Waals surface area contributed by atoms with Crippen molar-refractivity contribution in [2.24, 2.45) is 17.8 Å². The molecule has 3 nitrogen and oxygen atoms in total. The van der Waals surface area contributed by atoms with Crippen molar-refractivity contribution in [1.29, 1.82) is 0 Å². The summed E-state index contributed by atoms with van der Waals surface area (Å²) in [6.45, 7) is 0. The number of hydrogen-bond donors (Lipinski definition) is 1. The van der Waals surface area contributed by atoms with Crippen molar-refractivity contribution in [3.8, 4) is 0 Å². The summed E-state index contributed by atoms with van der Waals surface area (Å²) in [7, 11) is -2.91. The Bertz CT molecular complexity index is 299. The SMILES string of the molecule is CS(=O)(=O)CCC(O)C1CC2CC2C1. The molecular formula is C10H18O3S. The zero-order chi connectivity index (χ0) is 10.3. The molecule has 2 aliphatic rings. The maximum Gasteiger partial charge on any atom is 0.147 e. The normalized spacial score (nSPS) is 38.0. The lowest BCUT2D eigenvalue weighted by molar-refractivity contribution is 0.101. The lowest BCUT2D eigenvalue weighted by Crippen LogP contribution is -2.22. The molecule has 3 unspecified atom stereocenters. The second kappa shape index (κ2) is 3.49. The van der Waals surface area contributed by atoms with Crippen LogP contribution < -0.4 is 0 Å². The largest absolute Gasteiger partial charge is 0.393 e. The standard InChI is InChI=1S/C10H18O3S/c1-14(12,13)3-2-10(11)9-5-7-4-8(7)6-9/h7-11H,2-6H2,1H3. The number of aliphatic hydroxyl groups excluding tert-OH is 1. The van der Waals surface area contributed by atoms with E-state index in [0.717, 1.165) is 24.7 Å². The maximum absolute atomic E-state index is 10.9. The van der Waals surface area contributed by atoms with Crippen LogP contribution in [0.15, 0.2) is 0 Å². The summed E-state index contributed by atoms with van der Waals surface area (Å²) in [5.74, 6) is 2.21. The van der Waals surface area contributed by atoms with Gasteiger partial charge >= 0.3 is 0 Å². The fourth-order valence-electron chi connectivity index (χ4n) is 2.65. The van der Waals surface area contributed by atoms with E-state index in [9.17, 15) is 13.5 Å². The first-order chi connectivity index (χ1) is 6.46. The monoisotopic (exact) mass is 218 g/mol. The van der Waals surface area contributed by atoms with Crippen LogP contribution in [0.5, 0.6) is 0 Å². The van der Waals surface area contributed by atoms with E-state index in [4.69, 9.17) is 0 Å². The van der Waals surface area contributed by atoms with E-state index in [0.29, 0.717) is 12.3 Å². The molecule has 0 spiro atoms. The van der Waals surface area contributed by atoms with Gasteiger partial charge in [0.15, 0.2) is 0 Å². The Morgan fingerprint density at radius 2 is 1.86 bits per heavy atom. The molecule has 0 aromatic carbocycles. The molecule has 82 valence electrons. The lowest BCUT2D eigenvalue weighted by Gasteiger charge is -2.18. The molecular weight excluding hydrogens is 200 g/mol. The van der Waals surface area contributed by atoms with E-state index in [1.165, 1.54) is 12.7 Å². The van der Waals surface area contributed by atoms with Gasteiger partial charge in [-0.2, -0.15) is 0 Å². The Balaban J connectivity index is 1.76. The van der Waals surface area contributed by atoms with Crippen LogP contribution in [-0.4, -0.2) is 31.6 Å². The molecule has 0 aliphatic heterocycles. The number of fused-ring (bicyclic) bond motifs is 1. The molecule has 0 heterocycles. The highest BCUT2D eigenvalue weighted by molar-refractivity contribution is 7.90. The second-order valence-corrected chi connectivity index (χ2v) is 7.23. The predicted molar refractivity (Wildman–Crippen MR) is 54.7 cm³/mol. The van der Waals surface area contributed by atoms with Gasteiger partial charge < -0.3 is 5.11 Å². The molecule has 2 saturated carbocycles. The Morgan fingerprint density at radius 1 is 1.29 bits per heavy atom. The summed E-state index contributed by atoms with van der Waals surface area (Å²) in [6.07, 6.45) is 4.84. The van der Waals surface area contributed by atoms with Gasteiger partial charge in [0.05, 0.1) is 11.9 Å². The third-order valence-corrected chi connectivity index (χ3v) is 4.59. The highest BCUT2D eigenvalue weighted by atomic mass is 32.2. The minimum Gasteiger partial charge on any atom is -0.393 e. The van der Waals surface area contributed by atoms with Gasteiger partial charge in [0, 0.05) is 6.26 Å². The van der Waals surface area contributed by atoms with Crippen molar-refractivity contribution in [2.45, 2.75) is 31.8 Å². The Labute approximate surface area is 85.4 Å². The smallest absolute Gasteiger partial charge is 0.147 e. The van der Waals surface area contributed by atoms with Crippen molar-refractivity contribution in [1.82, 2.24) is 0 Å². The van der Waals surface area contributed by atoms with Crippen LogP contribution in [0.1, 0.15) is 25.7 Å². The first kappa shape index (κ1) is 10.4. The van der Waals surface area contributed by atoms with Crippen LogP contribution in [0.4, 0.5) is 0 Å². The molecule has 0 aromatic rings. The molecule has 0 saturated heterocycles. The molecule has 2 fully saturated rings. The highest BCUT2D eigenvalue weighted by Crippen LogP contribution is 2.55. The molecule has 4 heteroatoms. The quantitative estimate of drug-likeness (QED) is 0.760. The third-order valence-electron chi connectivity index (χ3n) is 3.61. The van der Waals surface area contributed by atoms with Gasteiger partial charge in [-0.05, 0) is 43.4 Å². The Kier molecular flexibility index (Phi) is 2.60. The van der Waals surface area contributed by atoms with E-state index < -0.39 is 15.9 Å². The molecule has 0 bridgehead atoms. The van der Waals surface area contributed by atoms with E-state index in [2.05, 4.69) is 0 Å². The molecule has 1 N–H and O–H groups in total. The van der Waals surface area contributed by atoms with Crippen LogP contribution in [0.25, 0.3) is 0 Å². The lowest BCUT2D eigenvalue weighted by atomic mass is 9.95. The van der Waals surface area contributed by atoms with Crippen molar-refractivity contribution in [3.63, 3.8) is 0 Å². The molecule has 0 amide bonds. The van der Waals surface area contributed by atoms with Crippen LogP contribution >= 0.6 is 0 Å². The predicted octanol–water partition coefficient (Wildman–Crippen LogP) is 0.828. The fourth-order valence-corrected chi connectivity index (χ4v) is 3.32. The summed E-state index contributed by atoms with van der Waals surface area (Å²) in [4.78, 5) is 0. The van der Waals surface area contributed by atoms with E-state index in [1.807, 2.05) is 0 Å². The van der Waals surface area contributed by atoms with Crippen molar-refractivity contribution < 1.29 is 13.5 Å². The fraction of sp³-hybridized carbons (Fsp3) is 1.00. The van der Waals surface area contributed by atoms with Gasteiger partial charge in [0.2, 0.25) is 0 Å². The number of hydrogen-bond acceptors (Lipinski definition) is 3. The maximum atomic E-state index is 10.9. The first-order valence-corrected chi connectivity index (χ1v) is 7.37. The molecule has 3 atom stereocenters. The zero-order valence-corrected chi connectivity index (χ0v) is 9.33.